The lowest BCUT2D eigenvalue weighted by atomic mass is 10.3. The van der Waals surface area contributed by atoms with Crippen molar-refractivity contribution in [3.05, 3.63) is 30.3 Å². The first kappa shape index (κ1) is 17.9. The number of thiocarbonyl (C=S) groups is 1. The lowest BCUT2D eigenvalue weighted by molar-refractivity contribution is 0.139. The number of anilines is 1. The van der Waals surface area contributed by atoms with E-state index in [9.17, 15) is 4.57 Å². The molecule has 0 saturated heterocycles. The fraction of sp³-hybridized carbons (Fsp3) is 0.462. The van der Waals surface area contributed by atoms with Crippen molar-refractivity contribution in [1.82, 2.24) is 10.5 Å². The summed E-state index contributed by atoms with van der Waals surface area (Å²) in [5, 5.41) is 2.72. The molecule has 0 atom stereocenters. The first-order chi connectivity index (χ1) is 9.81. The highest BCUT2D eigenvalue weighted by molar-refractivity contribution is 7.81. The Bertz CT molecular complexity index is 483. The Labute approximate surface area is 131 Å². The third-order valence-electron chi connectivity index (χ3n) is 2.03. The van der Waals surface area contributed by atoms with Crippen molar-refractivity contribution in [1.29, 1.82) is 0 Å². The molecule has 0 heterocycles. The molecule has 0 aliphatic carbocycles. The van der Waals surface area contributed by atoms with Gasteiger partial charge in [0.25, 0.3) is 0 Å². The van der Waals surface area contributed by atoms with E-state index in [1.807, 2.05) is 30.3 Å². The van der Waals surface area contributed by atoms with Gasteiger partial charge in [0.15, 0.2) is 5.11 Å². The summed E-state index contributed by atoms with van der Waals surface area (Å²) >= 11 is 5.09. The van der Waals surface area contributed by atoms with Crippen molar-refractivity contribution < 1.29 is 13.6 Å². The lowest BCUT2D eigenvalue weighted by Crippen LogP contribution is -2.38. The minimum Gasteiger partial charge on any atom is -0.299 e. The molecular weight excluding hydrogens is 309 g/mol. The molecule has 0 aliphatic heterocycles. The number of para-hydroxylation sites is 1. The molecule has 118 valence electrons. The average Bonchev–Trinajstić information content (AvgIpc) is 2.35. The standard InChI is InChI=1S/C13H22N3O3PS/c1-10(2)18-20(17,19-11(3)4)16-13(21)15-14-12-8-6-5-7-9-12/h5-11,14H,1-4H3,(H2,15,16,17,21). The van der Waals surface area contributed by atoms with Crippen LogP contribution in [-0.2, 0) is 13.6 Å². The van der Waals surface area contributed by atoms with E-state index in [-0.39, 0.29) is 17.3 Å². The number of benzene rings is 1. The summed E-state index contributed by atoms with van der Waals surface area (Å²) in [6, 6.07) is 9.40. The van der Waals surface area contributed by atoms with Gasteiger partial charge in [-0.3, -0.25) is 25.0 Å². The summed E-state index contributed by atoms with van der Waals surface area (Å²) in [4.78, 5) is 0. The van der Waals surface area contributed by atoms with Crippen LogP contribution in [0, 0.1) is 0 Å². The number of rotatable bonds is 7. The molecule has 0 saturated carbocycles. The van der Waals surface area contributed by atoms with Crippen LogP contribution < -0.4 is 15.9 Å². The van der Waals surface area contributed by atoms with E-state index < -0.39 is 7.75 Å². The summed E-state index contributed by atoms with van der Waals surface area (Å²) in [5.41, 5.74) is 6.45. The Balaban J connectivity index is 2.57. The fourth-order valence-electron chi connectivity index (χ4n) is 1.44. The predicted molar refractivity (Wildman–Crippen MR) is 89.0 cm³/mol. The van der Waals surface area contributed by atoms with E-state index in [0.29, 0.717) is 0 Å². The number of hydrogen-bond acceptors (Lipinski definition) is 5. The predicted octanol–water partition coefficient (Wildman–Crippen LogP) is 3.44. The highest BCUT2D eigenvalue weighted by atomic mass is 32.1. The average molecular weight is 331 g/mol. The van der Waals surface area contributed by atoms with Crippen LogP contribution in [0.5, 0.6) is 0 Å². The Kier molecular flexibility index (Phi) is 7.11. The van der Waals surface area contributed by atoms with Crippen LogP contribution in [0.15, 0.2) is 30.3 Å². The van der Waals surface area contributed by atoms with Gasteiger partial charge in [0.1, 0.15) is 0 Å². The van der Waals surface area contributed by atoms with E-state index in [1.54, 1.807) is 27.7 Å². The molecule has 0 aliphatic rings. The van der Waals surface area contributed by atoms with Gasteiger partial charge in [0.2, 0.25) is 0 Å². The maximum absolute atomic E-state index is 12.5. The van der Waals surface area contributed by atoms with Crippen LogP contribution in [0.1, 0.15) is 27.7 Å². The van der Waals surface area contributed by atoms with Crippen molar-refractivity contribution in [2.75, 3.05) is 5.43 Å². The zero-order valence-corrected chi connectivity index (χ0v) is 14.3. The molecule has 0 fully saturated rings. The van der Waals surface area contributed by atoms with Gasteiger partial charge < -0.3 is 0 Å². The van der Waals surface area contributed by atoms with Gasteiger partial charge in [-0.2, -0.15) is 0 Å². The van der Waals surface area contributed by atoms with Crippen molar-refractivity contribution in [3.8, 4) is 0 Å². The van der Waals surface area contributed by atoms with Gasteiger partial charge in [-0.05, 0) is 52.0 Å². The zero-order valence-electron chi connectivity index (χ0n) is 12.6. The van der Waals surface area contributed by atoms with E-state index in [4.69, 9.17) is 21.3 Å². The largest absolute Gasteiger partial charge is 0.435 e. The minimum atomic E-state index is -3.50. The van der Waals surface area contributed by atoms with E-state index in [0.717, 1.165) is 5.69 Å². The molecule has 0 spiro atoms. The maximum atomic E-state index is 12.5. The topological polar surface area (TPSA) is 71.6 Å². The first-order valence-corrected chi connectivity index (χ1v) is 8.62. The van der Waals surface area contributed by atoms with Crippen molar-refractivity contribution in [3.63, 3.8) is 0 Å². The highest BCUT2D eigenvalue weighted by Crippen LogP contribution is 2.46. The minimum absolute atomic E-state index is 0.128. The van der Waals surface area contributed by atoms with E-state index in [2.05, 4.69) is 15.9 Å². The molecule has 0 unspecified atom stereocenters. The summed E-state index contributed by atoms with van der Waals surface area (Å²) in [7, 11) is -3.50. The Hall–Kier alpha value is -1.14. The molecular formula is C13H22N3O3PS. The van der Waals surface area contributed by atoms with Crippen LogP contribution >= 0.6 is 20.0 Å². The van der Waals surface area contributed by atoms with Crippen molar-refractivity contribution in [2.24, 2.45) is 0 Å². The quantitative estimate of drug-likeness (QED) is 0.401. The van der Waals surface area contributed by atoms with Crippen molar-refractivity contribution in [2.45, 2.75) is 39.9 Å². The normalized spacial score (nSPS) is 11.5. The molecule has 21 heavy (non-hydrogen) atoms. The van der Waals surface area contributed by atoms with Gasteiger partial charge in [-0.25, -0.2) is 4.57 Å². The fourth-order valence-corrected chi connectivity index (χ4v) is 3.39. The van der Waals surface area contributed by atoms with Crippen LogP contribution in [-0.4, -0.2) is 17.3 Å². The van der Waals surface area contributed by atoms with Crippen LogP contribution in [0.2, 0.25) is 0 Å². The van der Waals surface area contributed by atoms with Crippen molar-refractivity contribution >= 4 is 30.8 Å². The van der Waals surface area contributed by atoms with Gasteiger partial charge in [-0.1, -0.05) is 18.2 Å². The Morgan fingerprint density at radius 2 is 1.62 bits per heavy atom. The second-order valence-electron chi connectivity index (χ2n) is 4.86. The third-order valence-corrected chi connectivity index (χ3v) is 4.28. The maximum Gasteiger partial charge on any atom is 0.435 e. The first-order valence-electron chi connectivity index (χ1n) is 6.67. The molecule has 0 amide bonds. The Morgan fingerprint density at radius 3 is 2.10 bits per heavy atom. The summed E-state index contributed by atoms with van der Waals surface area (Å²) in [6.07, 6.45) is -0.515. The molecule has 0 bridgehead atoms. The monoisotopic (exact) mass is 331 g/mol. The smallest absolute Gasteiger partial charge is 0.299 e. The van der Waals surface area contributed by atoms with Gasteiger partial charge in [0, 0.05) is 0 Å². The van der Waals surface area contributed by atoms with Crippen LogP contribution in [0.3, 0.4) is 0 Å². The van der Waals surface area contributed by atoms with Gasteiger partial charge in [-0.15, -0.1) is 0 Å². The summed E-state index contributed by atoms with van der Waals surface area (Å²) < 4.78 is 23.2. The molecule has 1 aromatic rings. The van der Waals surface area contributed by atoms with E-state index in [1.165, 1.54) is 0 Å². The van der Waals surface area contributed by atoms with Crippen LogP contribution in [0.4, 0.5) is 5.69 Å². The van der Waals surface area contributed by atoms with E-state index >= 15 is 0 Å². The second kappa shape index (κ2) is 8.34. The SMILES string of the molecule is CC(C)OP(=O)(NC(=S)NNc1ccccc1)OC(C)C. The van der Waals surface area contributed by atoms with Gasteiger partial charge in [0.05, 0.1) is 17.9 Å². The molecule has 1 rings (SSSR count). The molecule has 3 N–H and O–H groups in total. The molecule has 1 aromatic carbocycles. The molecule has 6 nitrogen and oxygen atoms in total. The molecule has 8 heteroatoms. The van der Waals surface area contributed by atoms with Gasteiger partial charge >= 0.3 is 7.75 Å². The molecule has 0 radical (unpaired) electrons. The zero-order chi connectivity index (χ0) is 15.9. The molecule has 0 aromatic heterocycles. The number of nitrogens with one attached hydrogen (secondary N) is 3. The Morgan fingerprint density at radius 1 is 1.10 bits per heavy atom. The number of hydrazine groups is 1. The number of hydrogen-bond donors (Lipinski definition) is 3. The summed E-state index contributed by atoms with van der Waals surface area (Å²) in [5.74, 6) is 0. The third kappa shape index (κ3) is 7.43. The highest BCUT2D eigenvalue weighted by Gasteiger charge is 2.29. The lowest BCUT2D eigenvalue weighted by Gasteiger charge is -2.24. The second-order valence-corrected chi connectivity index (χ2v) is 6.91. The summed E-state index contributed by atoms with van der Waals surface area (Å²) in [6.45, 7) is 7.10. The van der Waals surface area contributed by atoms with Crippen LogP contribution in [0.25, 0.3) is 0 Å².